The van der Waals surface area contributed by atoms with Gasteiger partial charge in [0.1, 0.15) is 6.10 Å². The summed E-state index contributed by atoms with van der Waals surface area (Å²) in [6.07, 6.45) is 27.7. The van der Waals surface area contributed by atoms with Crippen molar-refractivity contribution in [3.8, 4) is 0 Å². The summed E-state index contributed by atoms with van der Waals surface area (Å²) in [6, 6.07) is 0. The number of rotatable bonds is 12. The quantitative estimate of drug-likeness (QED) is 0.182. The van der Waals surface area contributed by atoms with Crippen LogP contribution in [0.1, 0.15) is 186 Å². The predicted molar refractivity (Wildman–Crippen MR) is 237 cm³/mol. The summed E-state index contributed by atoms with van der Waals surface area (Å²) in [5, 5.41) is 0. The number of ether oxygens (including phenoxy) is 7. The highest BCUT2D eigenvalue weighted by atomic mass is 16.6. The van der Waals surface area contributed by atoms with Crippen LogP contribution in [-0.4, -0.2) is 88.0 Å². The number of hydrogen-bond donors (Lipinski definition) is 0. The van der Waals surface area contributed by atoms with Crippen molar-refractivity contribution in [3.05, 3.63) is 0 Å². The zero-order chi connectivity index (χ0) is 39.4. The average molecular weight is 809 g/mol. The van der Waals surface area contributed by atoms with E-state index in [1.807, 2.05) is 6.92 Å². The molecule has 0 aromatic carbocycles. The molecule has 5 saturated carbocycles. The van der Waals surface area contributed by atoms with E-state index < -0.39 is 0 Å². The molecule has 7 heteroatoms. The first kappa shape index (κ1) is 51.1. The lowest BCUT2D eigenvalue weighted by Gasteiger charge is -2.26. The Bertz CT molecular complexity index is 1050. The van der Waals surface area contributed by atoms with Gasteiger partial charge in [0.05, 0.1) is 62.0 Å². The van der Waals surface area contributed by atoms with Crippen LogP contribution >= 0.6 is 0 Å². The molecule has 0 radical (unpaired) electrons. The van der Waals surface area contributed by atoms with Crippen molar-refractivity contribution < 1.29 is 33.2 Å². The lowest BCUT2D eigenvalue weighted by molar-refractivity contribution is 0.0980. The van der Waals surface area contributed by atoms with Gasteiger partial charge in [0.15, 0.2) is 0 Å². The SMILES string of the molecule is C.C.CCC(C)C1CCC2(C)OC2C1.CCC(C)C1CCC2OC2C1.CCC1CCC2CC2C1.CCC1CO1.CCOCC1CCC2OC2C1.CCOCC1CO1. The van der Waals surface area contributed by atoms with Crippen molar-refractivity contribution in [1.29, 1.82) is 0 Å². The molecule has 5 aliphatic heterocycles. The van der Waals surface area contributed by atoms with Gasteiger partial charge in [0.25, 0.3) is 0 Å². The van der Waals surface area contributed by atoms with Gasteiger partial charge in [-0.2, -0.15) is 0 Å². The van der Waals surface area contributed by atoms with Crippen molar-refractivity contribution in [2.24, 2.45) is 47.3 Å². The van der Waals surface area contributed by atoms with E-state index in [-0.39, 0.29) is 14.9 Å². The average Bonchev–Trinajstić information content (AvgIpc) is 4.00. The Morgan fingerprint density at radius 3 is 1.63 bits per heavy atom. The molecule has 16 unspecified atom stereocenters. The second kappa shape index (κ2) is 25.6. The van der Waals surface area contributed by atoms with Gasteiger partial charge in [-0.15, -0.1) is 0 Å². The van der Waals surface area contributed by atoms with E-state index >= 15 is 0 Å². The molecule has 0 spiro atoms. The highest BCUT2D eigenvalue weighted by molar-refractivity contribution is 5.04. The van der Waals surface area contributed by atoms with Gasteiger partial charge in [-0.05, 0) is 152 Å². The lowest BCUT2D eigenvalue weighted by Crippen LogP contribution is -2.24. The highest BCUT2D eigenvalue weighted by Gasteiger charge is 2.55. The minimum absolute atomic E-state index is 0. The molecular weight excluding hydrogens is 713 g/mol. The first-order valence-electron chi connectivity index (χ1n) is 24.0. The Balaban J connectivity index is 0.000000185. The summed E-state index contributed by atoms with van der Waals surface area (Å²) in [6.45, 7) is 25.5. The zero-order valence-corrected chi connectivity index (χ0v) is 37.3. The van der Waals surface area contributed by atoms with Gasteiger partial charge in [-0.3, -0.25) is 0 Å². The fraction of sp³-hybridized carbons (Fsp3) is 1.00. The third-order valence-electron chi connectivity index (χ3n) is 15.2. The fourth-order valence-electron chi connectivity index (χ4n) is 9.77. The van der Waals surface area contributed by atoms with Gasteiger partial charge in [-0.1, -0.05) is 82.1 Å². The number of epoxide rings is 5. The third-order valence-corrected chi connectivity index (χ3v) is 15.2. The molecular formula is C50H96O7. The van der Waals surface area contributed by atoms with Gasteiger partial charge in [0, 0.05) is 19.8 Å². The first-order valence-corrected chi connectivity index (χ1v) is 24.0. The summed E-state index contributed by atoms with van der Waals surface area (Å²) in [5.74, 6) is 7.97. The van der Waals surface area contributed by atoms with Gasteiger partial charge in [-0.25, -0.2) is 0 Å². The van der Waals surface area contributed by atoms with Crippen molar-refractivity contribution in [2.75, 3.05) is 39.6 Å². The topological polar surface area (TPSA) is 81.1 Å². The molecule has 10 rings (SSSR count). The molecule has 0 aromatic heterocycles. The summed E-state index contributed by atoms with van der Waals surface area (Å²) >= 11 is 0. The van der Waals surface area contributed by atoms with Crippen LogP contribution in [0.4, 0.5) is 0 Å². The Kier molecular flexibility index (Phi) is 22.9. The molecule has 0 aromatic rings. The molecule has 0 amide bonds. The van der Waals surface area contributed by atoms with Crippen molar-refractivity contribution in [2.45, 2.75) is 235 Å². The van der Waals surface area contributed by atoms with Gasteiger partial charge in [0.2, 0.25) is 0 Å². The van der Waals surface area contributed by atoms with Crippen LogP contribution in [0.3, 0.4) is 0 Å². The third kappa shape index (κ3) is 18.3. The molecule has 5 heterocycles. The van der Waals surface area contributed by atoms with E-state index in [0.717, 1.165) is 75.1 Å². The zero-order valence-electron chi connectivity index (χ0n) is 37.3. The monoisotopic (exact) mass is 809 g/mol. The molecule has 16 atom stereocenters. The maximum absolute atomic E-state index is 5.69. The maximum Gasteiger partial charge on any atom is 0.104 e. The molecule has 0 N–H and O–H groups in total. The van der Waals surface area contributed by atoms with Crippen molar-refractivity contribution in [3.63, 3.8) is 0 Å². The molecule has 10 fully saturated rings. The summed E-state index contributed by atoms with van der Waals surface area (Å²) in [4.78, 5) is 0. The standard InChI is InChI=1S/C11H20O.C10H18O.C9H16O2.C9H16.C5H10O2.C4H8O.2CH4/c1-4-8(2)9-5-6-11(3)10(7-9)12-11;1-3-7(2)8-4-5-9-10(6-8)11-9;1-2-10-6-7-3-4-8-9(5-7)11-8;1-2-7-3-4-8-6-9(8)5-7;1-2-6-3-5-4-7-5;1-2-4-3-5-4;;/h8-10H,4-7H2,1-3H3;7-10H,3-6H2,1-2H3;7-9H,2-6H2,1H3;7-9H,2-6H2,1H3;5H,2-4H2,1H3;4H,2-3H2,1H3;2*1H4. The smallest absolute Gasteiger partial charge is 0.104 e. The molecule has 10 aliphatic rings. The predicted octanol–water partition coefficient (Wildman–Crippen LogP) is 12.5. The van der Waals surface area contributed by atoms with Crippen LogP contribution in [0.2, 0.25) is 0 Å². The van der Waals surface area contributed by atoms with E-state index in [4.69, 9.17) is 33.2 Å². The molecule has 0 bridgehead atoms. The van der Waals surface area contributed by atoms with Crippen LogP contribution in [-0.2, 0) is 33.2 Å². The van der Waals surface area contributed by atoms with Crippen LogP contribution in [0.5, 0.6) is 0 Å². The fourth-order valence-corrected chi connectivity index (χ4v) is 9.77. The second-order valence-corrected chi connectivity index (χ2v) is 19.4. The molecule has 5 aliphatic carbocycles. The summed E-state index contributed by atoms with van der Waals surface area (Å²) in [5.41, 5.74) is 0.309. The van der Waals surface area contributed by atoms with Crippen LogP contribution in [0.15, 0.2) is 0 Å². The summed E-state index contributed by atoms with van der Waals surface area (Å²) < 4.78 is 36.8. The first-order chi connectivity index (χ1) is 26.6. The number of fused-ring (bicyclic) bond motifs is 4. The Morgan fingerprint density at radius 2 is 1.14 bits per heavy atom. The normalized spacial score (nSPS) is 40.9. The van der Waals surface area contributed by atoms with Crippen LogP contribution < -0.4 is 0 Å². The van der Waals surface area contributed by atoms with Crippen LogP contribution in [0, 0.1) is 47.3 Å². The van der Waals surface area contributed by atoms with E-state index in [9.17, 15) is 0 Å². The van der Waals surface area contributed by atoms with E-state index in [2.05, 4.69) is 55.4 Å². The van der Waals surface area contributed by atoms with Crippen molar-refractivity contribution >= 4 is 0 Å². The van der Waals surface area contributed by atoms with Crippen LogP contribution in [0.25, 0.3) is 0 Å². The minimum Gasteiger partial charge on any atom is -0.381 e. The molecule has 338 valence electrons. The lowest BCUT2D eigenvalue weighted by atomic mass is 9.76. The van der Waals surface area contributed by atoms with Crippen molar-refractivity contribution in [1.82, 2.24) is 0 Å². The Hall–Kier alpha value is -0.280. The van der Waals surface area contributed by atoms with E-state index in [1.165, 1.54) is 102 Å². The molecule has 57 heavy (non-hydrogen) atoms. The van der Waals surface area contributed by atoms with E-state index in [1.54, 1.807) is 19.3 Å². The highest BCUT2D eigenvalue weighted by Crippen LogP contribution is 2.52. The van der Waals surface area contributed by atoms with E-state index in [0.29, 0.717) is 48.3 Å². The minimum atomic E-state index is 0. The Labute approximate surface area is 353 Å². The Morgan fingerprint density at radius 1 is 0.561 bits per heavy atom. The maximum atomic E-state index is 5.69. The molecule has 7 nitrogen and oxygen atoms in total. The summed E-state index contributed by atoms with van der Waals surface area (Å²) in [7, 11) is 0. The molecule has 5 saturated heterocycles. The van der Waals surface area contributed by atoms with Gasteiger partial charge < -0.3 is 33.2 Å². The van der Waals surface area contributed by atoms with Gasteiger partial charge >= 0.3 is 0 Å². The second-order valence-electron chi connectivity index (χ2n) is 19.4. The number of hydrogen-bond acceptors (Lipinski definition) is 7. The largest absolute Gasteiger partial charge is 0.381 e.